The number of fused-ring (bicyclic) bond motifs is 1. The summed E-state index contributed by atoms with van der Waals surface area (Å²) in [5, 5.41) is 0.470. The van der Waals surface area contributed by atoms with Gasteiger partial charge in [0.05, 0.1) is 28.8 Å². The lowest BCUT2D eigenvalue weighted by molar-refractivity contribution is -0.152. The molecule has 1 aliphatic heterocycles. The number of H-pyrrole nitrogens is 1. The summed E-state index contributed by atoms with van der Waals surface area (Å²) in [6.07, 6.45) is 0.529. The van der Waals surface area contributed by atoms with Gasteiger partial charge in [0.15, 0.2) is 16.4 Å². The standard InChI is InChI=1S/C19H23N3O6S/c1-2-22(13-9-10-29(26,27)12-13)17(23)11-28-18(24)8-7-16-20-15-6-4-3-5-14(15)19(25)21-16/h3-6,13H,2,7-12H2,1H3,(H,20,21,25). The minimum absolute atomic E-state index is 0.0432. The van der Waals surface area contributed by atoms with Crippen LogP contribution >= 0.6 is 0 Å². The van der Waals surface area contributed by atoms with Gasteiger partial charge in [-0.05, 0) is 25.5 Å². The number of hydrogen-bond donors (Lipinski definition) is 1. The SMILES string of the molecule is CCN(C(=O)COC(=O)CCc1nc2ccccc2c(=O)[nH]1)C1CCS(=O)(=O)C1. The summed E-state index contributed by atoms with van der Waals surface area (Å²) in [5.41, 5.74) is 0.263. The molecule has 1 atom stereocenters. The predicted molar refractivity (Wildman–Crippen MR) is 106 cm³/mol. The Balaban J connectivity index is 1.52. The molecule has 2 aromatic rings. The molecule has 1 fully saturated rings. The van der Waals surface area contributed by atoms with E-state index in [9.17, 15) is 22.8 Å². The first-order chi connectivity index (χ1) is 13.8. The molecule has 10 heteroatoms. The highest BCUT2D eigenvalue weighted by Crippen LogP contribution is 2.18. The normalized spacial score (nSPS) is 17.9. The predicted octanol–water partition coefficient (Wildman–Crippen LogP) is 0.435. The van der Waals surface area contributed by atoms with Gasteiger partial charge in [0.2, 0.25) is 0 Å². The Labute approximate surface area is 168 Å². The van der Waals surface area contributed by atoms with E-state index in [1.807, 2.05) is 0 Å². The number of likely N-dealkylation sites (N-methyl/N-ethyl adjacent to an activating group) is 1. The highest BCUT2D eigenvalue weighted by atomic mass is 32.2. The van der Waals surface area contributed by atoms with Crippen LogP contribution in [0.4, 0.5) is 0 Å². The number of hydrogen-bond acceptors (Lipinski definition) is 7. The monoisotopic (exact) mass is 421 g/mol. The van der Waals surface area contributed by atoms with Crippen molar-refractivity contribution in [2.24, 2.45) is 0 Å². The molecule has 1 N–H and O–H groups in total. The van der Waals surface area contributed by atoms with Gasteiger partial charge in [0.1, 0.15) is 5.82 Å². The Bertz CT molecular complexity index is 1080. The lowest BCUT2D eigenvalue weighted by Crippen LogP contribution is -2.43. The second-order valence-electron chi connectivity index (χ2n) is 6.93. The van der Waals surface area contributed by atoms with Crippen LogP contribution in [0.3, 0.4) is 0 Å². The first-order valence-electron chi connectivity index (χ1n) is 9.42. The number of amides is 1. The van der Waals surface area contributed by atoms with Gasteiger partial charge in [-0.15, -0.1) is 0 Å². The third-order valence-electron chi connectivity index (χ3n) is 4.89. The Morgan fingerprint density at radius 1 is 1.31 bits per heavy atom. The van der Waals surface area contributed by atoms with Gasteiger partial charge in [0, 0.05) is 19.0 Å². The number of rotatable bonds is 7. The summed E-state index contributed by atoms with van der Waals surface area (Å²) in [6, 6.07) is 6.53. The molecule has 1 aromatic heterocycles. The summed E-state index contributed by atoms with van der Waals surface area (Å²) in [4.78, 5) is 44.8. The Kier molecular flexibility index (Phi) is 6.31. The molecule has 2 heterocycles. The second-order valence-corrected chi connectivity index (χ2v) is 9.16. The molecule has 1 aromatic carbocycles. The van der Waals surface area contributed by atoms with E-state index >= 15 is 0 Å². The van der Waals surface area contributed by atoms with E-state index in [0.717, 1.165) is 0 Å². The van der Waals surface area contributed by atoms with E-state index in [1.165, 1.54) is 4.90 Å². The summed E-state index contributed by atoms with van der Waals surface area (Å²) in [6.45, 7) is 1.66. The van der Waals surface area contributed by atoms with Gasteiger partial charge < -0.3 is 14.6 Å². The van der Waals surface area contributed by atoms with Crippen LogP contribution in [0.5, 0.6) is 0 Å². The van der Waals surface area contributed by atoms with Gasteiger partial charge in [0.25, 0.3) is 11.5 Å². The van der Waals surface area contributed by atoms with Gasteiger partial charge in [-0.1, -0.05) is 12.1 Å². The van der Waals surface area contributed by atoms with E-state index in [-0.39, 0.29) is 35.9 Å². The number of aryl methyl sites for hydroxylation is 1. The first-order valence-corrected chi connectivity index (χ1v) is 11.2. The Hall–Kier alpha value is -2.75. The average Bonchev–Trinajstić information content (AvgIpc) is 3.04. The maximum absolute atomic E-state index is 12.3. The molecule has 0 saturated carbocycles. The van der Waals surface area contributed by atoms with Gasteiger partial charge in [-0.25, -0.2) is 13.4 Å². The molecule has 1 aliphatic rings. The molecule has 0 spiro atoms. The largest absolute Gasteiger partial charge is 0.456 e. The summed E-state index contributed by atoms with van der Waals surface area (Å²) < 4.78 is 28.3. The molecule has 1 saturated heterocycles. The summed E-state index contributed by atoms with van der Waals surface area (Å²) >= 11 is 0. The van der Waals surface area contributed by atoms with Crippen molar-refractivity contribution in [1.82, 2.24) is 14.9 Å². The molecule has 1 amide bonds. The van der Waals surface area contributed by atoms with Gasteiger partial charge in [-0.2, -0.15) is 0 Å². The van der Waals surface area contributed by atoms with Crippen molar-refractivity contribution < 1.29 is 22.7 Å². The fourth-order valence-corrected chi connectivity index (χ4v) is 5.16. The number of aromatic amines is 1. The van der Waals surface area contributed by atoms with Crippen molar-refractivity contribution in [2.75, 3.05) is 24.7 Å². The van der Waals surface area contributed by atoms with Gasteiger partial charge in [-0.3, -0.25) is 14.4 Å². The topological polar surface area (TPSA) is 126 Å². The van der Waals surface area contributed by atoms with Crippen LogP contribution < -0.4 is 5.56 Å². The van der Waals surface area contributed by atoms with Crippen LogP contribution in [0.1, 0.15) is 25.6 Å². The minimum atomic E-state index is -3.11. The van der Waals surface area contributed by atoms with Crippen molar-refractivity contribution in [1.29, 1.82) is 0 Å². The molecule has 3 rings (SSSR count). The number of nitrogens with one attached hydrogen (secondary N) is 1. The van der Waals surface area contributed by atoms with E-state index < -0.39 is 28.3 Å². The zero-order valence-corrected chi connectivity index (χ0v) is 16.9. The number of nitrogens with zero attached hydrogens (tertiary/aromatic N) is 2. The van der Waals surface area contributed by atoms with Crippen LogP contribution in [0.15, 0.2) is 29.1 Å². The van der Waals surface area contributed by atoms with Crippen LogP contribution in [-0.4, -0.2) is 65.9 Å². The number of sulfone groups is 1. The Morgan fingerprint density at radius 3 is 2.76 bits per heavy atom. The summed E-state index contributed by atoms with van der Waals surface area (Å²) in [7, 11) is -3.11. The first kappa shape index (κ1) is 21.0. The Morgan fingerprint density at radius 2 is 2.07 bits per heavy atom. The number of esters is 1. The van der Waals surface area contributed by atoms with Crippen molar-refractivity contribution in [3.05, 3.63) is 40.4 Å². The van der Waals surface area contributed by atoms with Crippen molar-refractivity contribution >= 4 is 32.6 Å². The van der Waals surface area contributed by atoms with Crippen LogP contribution in [-0.2, 0) is 30.6 Å². The number of para-hydroxylation sites is 1. The second kappa shape index (κ2) is 8.73. The van der Waals surface area contributed by atoms with E-state index in [2.05, 4.69) is 9.97 Å². The zero-order valence-electron chi connectivity index (χ0n) is 16.1. The molecule has 156 valence electrons. The van der Waals surface area contributed by atoms with Crippen molar-refractivity contribution in [3.63, 3.8) is 0 Å². The van der Waals surface area contributed by atoms with Crippen LogP contribution in [0, 0.1) is 0 Å². The molecule has 0 bridgehead atoms. The maximum atomic E-state index is 12.3. The quantitative estimate of drug-likeness (QED) is 0.643. The molecule has 9 nitrogen and oxygen atoms in total. The highest BCUT2D eigenvalue weighted by Gasteiger charge is 2.34. The molecular formula is C19H23N3O6S. The molecular weight excluding hydrogens is 398 g/mol. The van der Waals surface area contributed by atoms with E-state index in [4.69, 9.17) is 4.74 Å². The van der Waals surface area contributed by atoms with Crippen molar-refractivity contribution in [2.45, 2.75) is 32.2 Å². The smallest absolute Gasteiger partial charge is 0.306 e. The van der Waals surface area contributed by atoms with Crippen LogP contribution in [0.2, 0.25) is 0 Å². The molecule has 0 aliphatic carbocycles. The minimum Gasteiger partial charge on any atom is -0.456 e. The lowest BCUT2D eigenvalue weighted by Gasteiger charge is -2.26. The average molecular weight is 421 g/mol. The number of aromatic nitrogens is 2. The third-order valence-corrected chi connectivity index (χ3v) is 6.65. The fourth-order valence-electron chi connectivity index (χ4n) is 3.43. The van der Waals surface area contributed by atoms with Crippen molar-refractivity contribution in [3.8, 4) is 0 Å². The molecule has 29 heavy (non-hydrogen) atoms. The van der Waals surface area contributed by atoms with Crippen LogP contribution in [0.25, 0.3) is 10.9 Å². The zero-order chi connectivity index (χ0) is 21.0. The molecule has 1 unspecified atom stereocenters. The summed E-state index contributed by atoms with van der Waals surface area (Å²) in [5.74, 6) is -0.632. The maximum Gasteiger partial charge on any atom is 0.306 e. The number of carbonyl (C=O) groups excluding carboxylic acids is 2. The van der Waals surface area contributed by atoms with E-state index in [1.54, 1.807) is 31.2 Å². The molecule has 0 radical (unpaired) electrons. The number of benzene rings is 1. The fraction of sp³-hybridized carbons (Fsp3) is 0.474. The number of carbonyl (C=O) groups is 2. The highest BCUT2D eigenvalue weighted by molar-refractivity contribution is 7.91. The van der Waals surface area contributed by atoms with Gasteiger partial charge >= 0.3 is 5.97 Å². The van der Waals surface area contributed by atoms with E-state index in [0.29, 0.717) is 29.7 Å². The lowest BCUT2D eigenvalue weighted by atomic mass is 10.2. The third kappa shape index (κ3) is 5.20. The number of ether oxygens (including phenoxy) is 1.